The van der Waals surface area contributed by atoms with Gasteiger partial charge in [0.1, 0.15) is 0 Å². The van der Waals surface area contributed by atoms with E-state index < -0.39 is 0 Å². The van der Waals surface area contributed by atoms with Gasteiger partial charge in [-0.3, -0.25) is 0 Å². The van der Waals surface area contributed by atoms with E-state index >= 15 is 0 Å². The van der Waals surface area contributed by atoms with Crippen LogP contribution in [0.15, 0.2) is 0 Å². The Hall–Kier alpha value is -0.0800. The van der Waals surface area contributed by atoms with E-state index in [1.165, 1.54) is 45.1 Å². The van der Waals surface area contributed by atoms with Crippen LogP contribution in [0.25, 0.3) is 0 Å². The smallest absolute Gasteiger partial charge is 0.0107 e. The lowest BCUT2D eigenvalue weighted by molar-refractivity contribution is 0.231. The fraction of sp³-hybridized carbons (Fsp3) is 1.00. The molecule has 2 nitrogen and oxygen atoms in total. The normalized spacial score (nSPS) is 19.6. The highest BCUT2D eigenvalue weighted by Crippen LogP contribution is 2.34. The standard InChI is InChI=1S/C15H32N2/c1-5-6-7-8-13(2)16-11-12-17(4)14(3)15-9-10-15/h13-16H,5-12H2,1-4H3. The minimum absolute atomic E-state index is 0.686. The van der Waals surface area contributed by atoms with Crippen molar-refractivity contribution in [2.75, 3.05) is 20.1 Å². The largest absolute Gasteiger partial charge is 0.313 e. The first kappa shape index (κ1) is 15.0. The molecular weight excluding hydrogens is 208 g/mol. The molecule has 0 aromatic heterocycles. The molecule has 1 saturated carbocycles. The Kier molecular flexibility index (Phi) is 7.14. The molecule has 0 bridgehead atoms. The lowest BCUT2D eigenvalue weighted by atomic mass is 10.1. The van der Waals surface area contributed by atoms with Crippen LogP contribution < -0.4 is 5.32 Å². The molecular formula is C15H32N2. The average molecular weight is 240 g/mol. The molecule has 2 atom stereocenters. The van der Waals surface area contributed by atoms with E-state index in [1.54, 1.807) is 0 Å². The van der Waals surface area contributed by atoms with Gasteiger partial charge in [0.25, 0.3) is 0 Å². The van der Waals surface area contributed by atoms with Crippen LogP contribution in [0, 0.1) is 5.92 Å². The van der Waals surface area contributed by atoms with Gasteiger partial charge in [0.15, 0.2) is 0 Å². The molecule has 2 heteroatoms. The summed E-state index contributed by atoms with van der Waals surface area (Å²) in [5.41, 5.74) is 0. The van der Waals surface area contributed by atoms with Crippen molar-refractivity contribution in [3.8, 4) is 0 Å². The summed E-state index contributed by atoms with van der Waals surface area (Å²) in [7, 11) is 2.27. The quantitative estimate of drug-likeness (QED) is 0.590. The minimum Gasteiger partial charge on any atom is -0.313 e. The maximum absolute atomic E-state index is 3.64. The van der Waals surface area contributed by atoms with E-state index in [2.05, 4.69) is 38.0 Å². The zero-order valence-corrected chi connectivity index (χ0v) is 12.3. The second-order valence-electron chi connectivity index (χ2n) is 5.91. The van der Waals surface area contributed by atoms with E-state index in [0.717, 1.165) is 18.5 Å². The van der Waals surface area contributed by atoms with E-state index in [4.69, 9.17) is 0 Å². The summed E-state index contributed by atoms with van der Waals surface area (Å²) in [5, 5.41) is 3.64. The van der Waals surface area contributed by atoms with E-state index in [1.807, 2.05) is 0 Å². The molecule has 0 spiro atoms. The van der Waals surface area contributed by atoms with Crippen molar-refractivity contribution in [2.45, 2.75) is 71.4 Å². The van der Waals surface area contributed by atoms with E-state index in [9.17, 15) is 0 Å². The Balaban J connectivity index is 1.98. The van der Waals surface area contributed by atoms with Crippen LogP contribution in [0.1, 0.15) is 59.3 Å². The molecule has 0 aliphatic heterocycles. The summed E-state index contributed by atoms with van der Waals surface area (Å²) in [6.07, 6.45) is 8.31. The van der Waals surface area contributed by atoms with E-state index in [0.29, 0.717) is 6.04 Å². The highest BCUT2D eigenvalue weighted by atomic mass is 15.1. The van der Waals surface area contributed by atoms with Crippen LogP contribution in [0.3, 0.4) is 0 Å². The lowest BCUT2D eigenvalue weighted by Gasteiger charge is -2.25. The third-order valence-corrected chi connectivity index (χ3v) is 4.20. The zero-order chi connectivity index (χ0) is 12.7. The van der Waals surface area contributed by atoms with Gasteiger partial charge in [-0.2, -0.15) is 0 Å². The van der Waals surface area contributed by atoms with Crippen molar-refractivity contribution < 1.29 is 0 Å². The van der Waals surface area contributed by atoms with Crippen LogP contribution in [0.5, 0.6) is 0 Å². The third kappa shape index (κ3) is 6.42. The van der Waals surface area contributed by atoms with Crippen LogP contribution >= 0.6 is 0 Å². The molecule has 1 N–H and O–H groups in total. The summed E-state index contributed by atoms with van der Waals surface area (Å²) in [4.78, 5) is 2.52. The second kappa shape index (κ2) is 8.10. The van der Waals surface area contributed by atoms with Gasteiger partial charge >= 0.3 is 0 Å². The Morgan fingerprint density at radius 2 is 1.94 bits per heavy atom. The monoisotopic (exact) mass is 240 g/mol. The zero-order valence-electron chi connectivity index (χ0n) is 12.3. The van der Waals surface area contributed by atoms with Crippen molar-refractivity contribution in [3.05, 3.63) is 0 Å². The molecule has 1 rings (SSSR count). The molecule has 0 amide bonds. The Bertz CT molecular complexity index is 189. The molecule has 0 aromatic rings. The van der Waals surface area contributed by atoms with Crippen molar-refractivity contribution in [3.63, 3.8) is 0 Å². The van der Waals surface area contributed by atoms with Gasteiger partial charge in [-0.25, -0.2) is 0 Å². The first-order valence-corrected chi connectivity index (χ1v) is 7.58. The van der Waals surface area contributed by atoms with Gasteiger partial charge in [-0.05, 0) is 46.1 Å². The van der Waals surface area contributed by atoms with Crippen molar-refractivity contribution >= 4 is 0 Å². The van der Waals surface area contributed by atoms with Crippen LogP contribution in [0.4, 0.5) is 0 Å². The fourth-order valence-electron chi connectivity index (χ4n) is 2.43. The number of unbranched alkanes of at least 4 members (excludes halogenated alkanes) is 2. The van der Waals surface area contributed by atoms with E-state index in [-0.39, 0.29) is 0 Å². The van der Waals surface area contributed by atoms with Gasteiger partial charge in [-0.1, -0.05) is 26.2 Å². The number of likely N-dealkylation sites (N-methyl/N-ethyl adjacent to an activating group) is 1. The third-order valence-electron chi connectivity index (χ3n) is 4.20. The first-order chi connectivity index (χ1) is 8.15. The molecule has 1 fully saturated rings. The molecule has 102 valence electrons. The van der Waals surface area contributed by atoms with Gasteiger partial charge in [0, 0.05) is 25.2 Å². The highest BCUT2D eigenvalue weighted by molar-refractivity contribution is 4.84. The number of nitrogens with zero attached hydrogens (tertiary/aromatic N) is 1. The molecule has 0 heterocycles. The Morgan fingerprint density at radius 3 is 2.53 bits per heavy atom. The predicted molar refractivity (Wildman–Crippen MR) is 76.4 cm³/mol. The van der Waals surface area contributed by atoms with Crippen molar-refractivity contribution in [2.24, 2.45) is 5.92 Å². The molecule has 17 heavy (non-hydrogen) atoms. The molecule has 1 aliphatic carbocycles. The van der Waals surface area contributed by atoms with Crippen LogP contribution in [0.2, 0.25) is 0 Å². The number of hydrogen-bond donors (Lipinski definition) is 1. The average Bonchev–Trinajstić information content (AvgIpc) is 3.12. The number of rotatable bonds is 10. The highest BCUT2D eigenvalue weighted by Gasteiger charge is 2.29. The van der Waals surface area contributed by atoms with Crippen molar-refractivity contribution in [1.82, 2.24) is 10.2 Å². The predicted octanol–water partition coefficient (Wildman–Crippen LogP) is 3.28. The molecule has 0 saturated heterocycles. The molecule has 0 aromatic carbocycles. The second-order valence-corrected chi connectivity index (χ2v) is 5.91. The summed E-state index contributed by atoms with van der Waals surface area (Å²) >= 11 is 0. The SMILES string of the molecule is CCCCCC(C)NCCN(C)C(C)C1CC1. The molecule has 0 radical (unpaired) electrons. The van der Waals surface area contributed by atoms with Crippen LogP contribution in [-0.4, -0.2) is 37.1 Å². The maximum Gasteiger partial charge on any atom is 0.0107 e. The first-order valence-electron chi connectivity index (χ1n) is 7.58. The topological polar surface area (TPSA) is 15.3 Å². The van der Waals surface area contributed by atoms with Crippen LogP contribution in [-0.2, 0) is 0 Å². The fourth-order valence-corrected chi connectivity index (χ4v) is 2.43. The summed E-state index contributed by atoms with van der Waals surface area (Å²) < 4.78 is 0. The summed E-state index contributed by atoms with van der Waals surface area (Å²) in [5.74, 6) is 0.988. The number of nitrogens with one attached hydrogen (secondary N) is 1. The number of hydrogen-bond acceptors (Lipinski definition) is 2. The maximum atomic E-state index is 3.64. The molecule has 2 unspecified atom stereocenters. The minimum atomic E-state index is 0.686. The van der Waals surface area contributed by atoms with Gasteiger partial charge in [0.2, 0.25) is 0 Å². The van der Waals surface area contributed by atoms with Gasteiger partial charge in [0.05, 0.1) is 0 Å². The lowest BCUT2D eigenvalue weighted by Crippen LogP contribution is -2.38. The summed E-state index contributed by atoms with van der Waals surface area (Å²) in [6, 6.07) is 1.47. The Morgan fingerprint density at radius 1 is 1.24 bits per heavy atom. The summed E-state index contributed by atoms with van der Waals surface area (Å²) in [6.45, 7) is 9.30. The Labute approximate surface area is 108 Å². The van der Waals surface area contributed by atoms with Crippen molar-refractivity contribution in [1.29, 1.82) is 0 Å². The molecule has 1 aliphatic rings. The van der Waals surface area contributed by atoms with Gasteiger partial charge < -0.3 is 10.2 Å². The van der Waals surface area contributed by atoms with Gasteiger partial charge in [-0.15, -0.1) is 0 Å².